The van der Waals surface area contributed by atoms with Gasteiger partial charge in [-0.05, 0) is 51.7 Å². The Morgan fingerprint density at radius 3 is 2.83 bits per heavy atom. The molecule has 1 saturated carbocycles. The number of carbonyl (C=O) groups is 1. The average Bonchev–Trinajstić information content (AvgIpc) is 3.18. The Bertz CT molecular complexity index is 672. The molecule has 1 fully saturated rings. The second-order valence-electron chi connectivity index (χ2n) is 6.14. The van der Waals surface area contributed by atoms with Gasteiger partial charge in [0, 0.05) is 12.3 Å². The van der Waals surface area contributed by atoms with Crippen LogP contribution in [-0.2, 0) is 4.74 Å². The van der Waals surface area contributed by atoms with E-state index in [1.54, 1.807) is 17.1 Å². The van der Waals surface area contributed by atoms with E-state index >= 15 is 0 Å². The highest BCUT2D eigenvalue weighted by molar-refractivity contribution is 5.87. The Labute approximate surface area is 136 Å². The number of aromatic nitrogens is 2. The lowest BCUT2D eigenvalue weighted by Crippen LogP contribution is -2.11. The van der Waals surface area contributed by atoms with Crippen molar-refractivity contribution in [3.8, 4) is 11.4 Å². The van der Waals surface area contributed by atoms with Gasteiger partial charge in [0.05, 0.1) is 17.9 Å². The third kappa shape index (κ3) is 3.92. The zero-order chi connectivity index (χ0) is 16.2. The quantitative estimate of drug-likeness (QED) is 0.789. The van der Waals surface area contributed by atoms with Crippen LogP contribution in [-0.4, -0.2) is 27.7 Å². The molecule has 1 aliphatic carbocycles. The minimum absolute atomic E-state index is 0.157. The fourth-order valence-electron chi connectivity index (χ4n) is 2.76. The molecule has 1 aliphatic rings. The van der Waals surface area contributed by atoms with E-state index in [2.05, 4.69) is 4.98 Å². The van der Waals surface area contributed by atoms with Crippen LogP contribution < -0.4 is 4.74 Å². The zero-order valence-corrected chi connectivity index (χ0v) is 13.6. The molecule has 0 aliphatic heterocycles. The molecule has 0 atom stereocenters. The Morgan fingerprint density at radius 2 is 2.09 bits per heavy atom. The molecule has 1 heterocycles. The Morgan fingerprint density at radius 1 is 1.30 bits per heavy atom. The summed E-state index contributed by atoms with van der Waals surface area (Å²) in [5.74, 6) is 0.450. The van der Waals surface area contributed by atoms with Gasteiger partial charge in [0.25, 0.3) is 0 Å². The second kappa shape index (κ2) is 6.86. The molecule has 0 unspecified atom stereocenters. The zero-order valence-electron chi connectivity index (χ0n) is 13.6. The van der Waals surface area contributed by atoms with Crippen LogP contribution in [0.25, 0.3) is 5.69 Å². The largest absolute Gasteiger partial charge is 0.490 e. The summed E-state index contributed by atoms with van der Waals surface area (Å²) < 4.78 is 13.0. The highest BCUT2D eigenvalue weighted by Crippen LogP contribution is 2.25. The molecule has 1 aromatic carbocycles. The predicted octanol–water partition coefficient (Wildman–Crippen LogP) is 3.76. The van der Waals surface area contributed by atoms with Crippen molar-refractivity contribution in [3.05, 3.63) is 42.5 Å². The van der Waals surface area contributed by atoms with Crippen molar-refractivity contribution in [1.82, 2.24) is 9.55 Å². The van der Waals surface area contributed by atoms with E-state index in [0.29, 0.717) is 11.8 Å². The van der Waals surface area contributed by atoms with E-state index < -0.39 is 5.97 Å². The molecule has 3 rings (SSSR count). The van der Waals surface area contributed by atoms with Crippen LogP contribution >= 0.6 is 0 Å². The second-order valence-corrected chi connectivity index (χ2v) is 6.14. The third-order valence-electron chi connectivity index (χ3n) is 3.86. The summed E-state index contributed by atoms with van der Waals surface area (Å²) in [5, 5.41) is 0. The number of esters is 1. The van der Waals surface area contributed by atoms with Crippen LogP contribution in [0.15, 0.2) is 36.8 Å². The minimum atomic E-state index is -0.405. The monoisotopic (exact) mass is 314 g/mol. The van der Waals surface area contributed by atoms with E-state index in [-0.39, 0.29) is 6.10 Å². The van der Waals surface area contributed by atoms with Crippen molar-refractivity contribution in [1.29, 1.82) is 0 Å². The molecular weight excluding hydrogens is 292 g/mol. The Hall–Kier alpha value is -2.30. The van der Waals surface area contributed by atoms with Crippen molar-refractivity contribution >= 4 is 5.97 Å². The van der Waals surface area contributed by atoms with Gasteiger partial charge in [-0.3, -0.25) is 0 Å². The van der Waals surface area contributed by atoms with E-state index in [1.807, 2.05) is 38.1 Å². The molecule has 23 heavy (non-hydrogen) atoms. The van der Waals surface area contributed by atoms with Gasteiger partial charge >= 0.3 is 5.97 Å². The van der Waals surface area contributed by atoms with E-state index in [9.17, 15) is 4.79 Å². The summed E-state index contributed by atoms with van der Waals surface area (Å²) >= 11 is 0. The molecule has 0 spiro atoms. The summed E-state index contributed by atoms with van der Waals surface area (Å²) in [6.07, 6.45) is 8.20. The first-order valence-corrected chi connectivity index (χ1v) is 8.14. The van der Waals surface area contributed by atoms with Crippen molar-refractivity contribution in [2.45, 2.75) is 51.7 Å². The molecule has 5 heteroatoms. The van der Waals surface area contributed by atoms with Gasteiger partial charge in [-0.25, -0.2) is 9.78 Å². The molecule has 5 nitrogen and oxygen atoms in total. The van der Waals surface area contributed by atoms with Gasteiger partial charge in [-0.1, -0.05) is 6.07 Å². The van der Waals surface area contributed by atoms with Crippen molar-refractivity contribution in [2.75, 3.05) is 0 Å². The smallest absolute Gasteiger partial charge is 0.358 e. The third-order valence-corrected chi connectivity index (χ3v) is 3.86. The molecule has 0 radical (unpaired) electrons. The van der Waals surface area contributed by atoms with Crippen molar-refractivity contribution in [2.24, 2.45) is 0 Å². The number of ether oxygens (including phenoxy) is 2. The molecule has 0 bridgehead atoms. The number of hydrogen-bond acceptors (Lipinski definition) is 4. The Balaban J connectivity index is 1.74. The lowest BCUT2D eigenvalue weighted by Gasteiger charge is -2.14. The molecule has 0 saturated heterocycles. The molecule has 0 amide bonds. The molecule has 2 aromatic rings. The van der Waals surface area contributed by atoms with Crippen LogP contribution in [0, 0.1) is 0 Å². The van der Waals surface area contributed by atoms with Crippen molar-refractivity contribution in [3.63, 3.8) is 0 Å². The summed E-state index contributed by atoms with van der Waals surface area (Å²) in [5.41, 5.74) is 1.22. The van der Waals surface area contributed by atoms with Crippen LogP contribution in [0.3, 0.4) is 0 Å². The predicted molar refractivity (Wildman–Crippen MR) is 87.0 cm³/mol. The molecule has 0 N–H and O–H groups in total. The number of nitrogens with zero attached hydrogens (tertiary/aromatic N) is 2. The standard InChI is InChI=1S/C18H22N2O3/c1-13(2)22-18(21)17-11-20(12-19-17)14-6-5-9-16(10-14)23-15-7-3-4-8-15/h5-6,9-13,15H,3-4,7-8H2,1-2H3. The number of imidazole rings is 1. The first-order chi connectivity index (χ1) is 11.1. The summed E-state index contributed by atoms with van der Waals surface area (Å²) in [7, 11) is 0. The molecular formula is C18H22N2O3. The Kier molecular flexibility index (Phi) is 4.65. The number of hydrogen-bond donors (Lipinski definition) is 0. The number of rotatable bonds is 5. The maximum atomic E-state index is 11.9. The van der Waals surface area contributed by atoms with Gasteiger partial charge in [-0.2, -0.15) is 0 Å². The van der Waals surface area contributed by atoms with Crippen LogP contribution in [0.1, 0.15) is 50.0 Å². The lowest BCUT2D eigenvalue weighted by atomic mass is 10.2. The minimum Gasteiger partial charge on any atom is -0.490 e. The molecule has 122 valence electrons. The first kappa shape index (κ1) is 15.6. The van der Waals surface area contributed by atoms with Crippen molar-refractivity contribution < 1.29 is 14.3 Å². The van der Waals surface area contributed by atoms with Gasteiger partial charge < -0.3 is 14.0 Å². The maximum Gasteiger partial charge on any atom is 0.358 e. The van der Waals surface area contributed by atoms with Gasteiger partial charge in [0.15, 0.2) is 5.69 Å². The normalized spacial score (nSPS) is 15.1. The van der Waals surface area contributed by atoms with Gasteiger partial charge in [0.1, 0.15) is 12.1 Å². The molecule has 1 aromatic heterocycles. The fraction of sp³-hybridized carbons (Fsp3) is 0.444. The average molecular weight is 314 g/mol. The first-order valence-electron chi connectivity index (χ1n) is 8.14. The van der Waals surface area contributed by atoms with Crippen LogP contribution in [0.5, 0.6) is 5.75 Å². The van der Waals surface area contributed by atoms with Gasteiger partial charge in [0.2, 0.25) is 0 Å². The van der Waals surface area contributed by atoms with E-state index in [0.717, 1.165) is 24.3 Å². The van der Waals surface area contributed by atoms with Crippen LogP contribution in [0.4, 0.5) is 0 Å². The van der Waals surface area contributed by atoms with Crippen LogP contribution in [0.2, 0.25) is 0 Å². The maximum absolute atomic E-state index is 11.9. The highest BCUT2D eigenvalue weighted by atomic mass is 16.5. The fourth-order valence-corrected chi connectivity index (χ4v) is 2.76. The number of carbonyl (C=O) groups excluding carboxylic acids is 1. The topological polar surface area (TPSA) is 53.4 Å². The summed E-state index contributed by atoms with van der Waals surface area (Å²) in [6, 6.07) is 7.84. The van der Waals surface area contributed by atoms with Gasteiger partial charge in [-0.15, -0.1) is 0 Å². The SMILES string of the molecule is CC(C)OC(=O)c1cn(-c2cccc(OC3CCCC3)c2)cn1. The summed E-state index contributed by atoms with van der Waals surface area (Å²) in [6.45, 7) is 3.64. The summed E-state index contributed by atoms with van der Waals surface area (Å²) in [4.78, 5) is 16.0. The van der Waals surface area contributed by atoms with E-state index in [4.69, 9.17) is 9.47 Å². The lowest BCUT2D eigenvalue weighted by molar-refractivity contribution is 0.0371. The highest BCUT2D eigenvalue weighted by Gasteiger charge is 2.17. The van der Waals surface area contributed by atoms with E-state index in [1.165, 1.54) is 12.8 Å². The number of benzene rings is 1.